The number of sulfonamides is 1. The van der Waals surface area contributed by atoms with E-state index in [-0.39, 0.29) is 23.9 Å². The molecule has 0 bridgehead atoms. The Morgan fingerprint density at radius 3 is 2.54 bits per heavy atom. The van der Waals surface area contributed by atoms with Gasteiger partial charge in [-0.1, -0.05) is 12.1 Å². The summed E-state index contributed by atoms with van der Waals surface area (Å²) < 4.78 is 66.0. The van der Waals surface area contributed by atoms with Gasteiger partial charge >= 0.3 is 15.5 Å². The Kier molecular flexibility index (Phi) is 4.42. The van der Waals surface area contributed by atoms with Crippen molar-refractivity contribution in [2.75, 3.05) is 11.3 Å². The third-order valence-electron chi connectivity index (χ3n) is 3.79. The summed E-state index contributed by atoms with van der Waals surface area (Å²) in [7, 11) is -5.46. The van der Waals surface area contributed by atoms with Crippen LogP contribution in [0.1, 0.15) is 27.7 Å². The van der Waals surface area contributed by atoms with Gasteiger partial charge in [-0.2, -0.15) is 21.6 Å². The van der Waals surface area contributed by atoms with Crippen LogP contribution in [0.4, 0.5) is 18.9 Å². The van der Waals surface area contributed by atoms with E-state index in [1.54, 1.807) is 6.92 Å². The average molecular weight is 389 g/mol. The van der Waals surface area contributed by atoms with E-state index in [0.29, 0.717) is 30.1 Å². The molecule has 2 aromatic rings. The summed E-state index contributed by atoms with van der Waals surface area (Å²) in [6, 6.07) is 5.31. The van der Waals surface area contributed by atoms with Gasteiger partial charge < -0.3 is 9.32 Å². The third kappa shape index (κ3) is 3.52. The number of rotatable bonds is 4. The Balaban J connectivity index is 1.70. The van der Waals surface area contributed by atoms with Crippen molar-refractivity contribution in [3.05, 3.63) is 47.2 Å². The molecular formula is C15H14F3N3O4S. The molecule has 1 aliphatic rings. The number of alkyl halides is 3. The number of carbonyl (C=O) groups is 1. The fraction of sp³-hybridized carbons (Fsp3) is 0.333. The highest BCUT2D eigenvalue weighted by molar-refractivity contribution is 7.93. The number of halogens is 3. The quantitative estimate of drug-likeness (QED) is 0.867. The maximum Gasteiger partial charge on any atom is 0.516 e. The second kappa shape index (κ2) is 6.31. The maximum absolute atomic E-state index is 12.4. The molecule has 1 aliphatic heterocycles. The summed E-state index contributed by atoms with van der Waals surface area (Å²) in [5.41, 5.74) is -4.36. The summed E-state index contributed by atoms with van der Waals surface area (Å²) >= 11 is 0. The molecule has 0 fully saturated rings. The van der Waals surface area contributed by atoms with E-state index in [1.165, 1.54) is 33.9 Å². The van der Waals surface area contributed by atoms with Crippen LogP contribution in [0.3, 0.4) is 0 Å². The predicted octanol–water partition coefficient (Wildman–Crippen LogP) is 2.44. The predicted molar refractivity (Wildman–Crippen MR) is 84.7 cm³/mol. The van der Waals surface area contributed by atoms with Crippen molar-refractivity contribution in [1.82, 2.24) is 9.88 Å². The molecule has 1 aromatic carbocycles. The van der Waals surface area contributed by atoms with Gasteiger partial charge in [-0.15, -0.1) is 0 Å². The first kappa shape index (κ1) is 18.2. The van der Waals surface area contributed by atoms with Crippen molar-refractivity contribution >= 4 is 21.6 Å². The Hall–Kier alpha value is -2.56. The van der Waals surface area contributed by atoms with Gasteiger partial charge in [0.1, 0.15) is 0 Å². The van der Waals surface area contributed by atoms with E-state index in [9.17, 15) is 26.4 Å². The molecule has 0 saturated carbocycles. The number of fused-ring (bicyclic) bond motifs is 1. The number of carbonyl (C=O) groups excluding carboxylic acids is 1. The third-order valence-corrected chi connectivity index (χ3v) is 4.90. The van der Waals surface area contributed by atoms with Crippen LogP contribution in [0.2, 0.25) is 0 Å². The lowest BCUT2D eigenvalue weighted by atomic mass is 10.1. The first-order valence-corrected chi connectivity index (χ1v) is 8.99. The number of nitrogens with one attached hydrogen (secondary N) is 1. The summed E-state index contributed by atoms with van der Waals surface area (Å²) in [6.07, 6.45) is 0.544. The van der Waals surface area contributed by atoms with Crippen molar-refractivity contribution in [2.24, 2.45) is 0 Å². The summed E-state index contributed by atoms with van der Waals surface area (Å²) in [4.78, 5) is 18.0. The molecule has 26 heavy (non-hydrogen) atoms. The van der Waals surface area contributed by atoms with Crippen LogP contribution < -0.4 is 4.72 Å². The number of aryl methyl sites for hydroxylation is 1. The van der Waals surface area contributed by atoms with Gasteiger partial charge in [0.05, 0.1) is 5.69 Å². The average Bonchev–Trinajstić information content (AvgIpc) is 2.92. The number of anilines is 1. The largest absolute Gasteiger partial charge is 0.516 e. The van der Waals surface area contributed by atoms with Gasteiger partial charge in [-0.25, -0.2) is 4.98 Å². The molecule has 0 atom stereocenters. The van der Waals surface area contributed by atoms with Gasteiger partial charge in [0.25, 0.3) is 5.91 Å². The molecule has 0 radical (unpaired) electrons. The van der Waals surface area contributed by atoms with Crippen LogP contribution in [0, 0.1) is 6.92 Å². The zero-order valence-electron chi connectivity index (χ0n) is 13.5. The Labute approximate surface area is 146 Å². The van der Waals surface area contributed by atoms with E-state index >= 15 is 0 Å². The molecule has 1 aromatic heterocycles. The topological polar surface area (TPSA) is 92.5 Å². The summed E-state index contributed by atoms with van der Waals surface area (Å²) in [5.74, 6) is 0.295. The second-order valence-corrected chi connectivity index (χ2v) is 7.41. The molecule has 3 rings (SSSR count). The van der Waals surface area contributed by atoms with Crippen molar-refractivity contribution in [3.8, 4) is 0 Å². The second-order valence-electron chi connectivity index (χ2n) is 5.73. The highest BCUT2D eigenvalue weighted by Crippen LogP contribution is 2.26. The van der Waals surface area contributed by atoms with Gasteiger partial charge in [-0.05, 0) is 17.7 Å². The Morgan fingerprint density at radius 1 is 1.27 bits per heavy atom. The standard InChI is InChI=1S/C15H14F3N3O4S/c1-9-19-12-6-7-21(14(22)13(12)25-9)8-10-2-4-11(5-3-10)20-26(23,24)15(16,17)18/h2-5,20H,6-8H2,1H3. The van der Waals surface area contributed by atoms with Crippen LogP contribution in [-0.4, -0.2) is 36.3 Å². The minimum Gasteiger partial charge on any atom is -0.436 e. The molecule has 2 heterocycles. The molecule has 0 unspecified atom stereocenters. The molecule has 0 spiro atoms. The van der Waals surface area contributed by atoms with Crippen LogP contribution >= 0.6 is 0 Å². The lowest BCUT2D eigenvalue weighted by molar-refractivity contribution is -0.0429. The minimum absolute atomic E-state index is 0.198. The molecular weight excluding hydrogens is 375 g/mol. The number of benzene rings is 1. The van der Waals surface area contributed by atoms with E-state index in [4.69, 9.17) is 4.42 Å². The smallest absolute Gasteiger partial charge is 0.436 e. The van der Waals surface area contributed by atoms with Crippen LogP contribution in [-0.2, 0) is 23.0 Å². The summed E-state index contributed by atoms with van der Waals surface area (Å²) in [5, 5.41) is 0. The van der Waals surface area contributed by atoms with Gasteiger partial charge in [0.15, 0.2) is 5.89 Å². The zero-order chi connectivity index (χ0) is 19.1. The van der Waals surface area contributed by atoms with E-state index in [1.807, 2.05) is 0 Å². The van der Waals surface area contributed by atoms with Gasteiger partial charge in [0, 0.05) is 32.1 Å². The van der Waals surface area contributed by atoms with Gasteiger partial charge in [0.2, 0.25) is 5.76 Å². The van der Waals surface area contributed by atoms with E-state index < -0.39 is 15.5 Å². The lowest BCUT2D eigenvalue weighted by Crippen LogP contribution is -2.36. The highest BCUT2D eigenvalue weighted by Gasteiger charge is 2.46. The fourth-order valence-corrected chi connectivity index (χ4v) is 3.12. The van der Waals surface area contributed by atoms with E-state index in [0.717, 1.165) is 0 Å². The Bertz CT molecular complexity index is 936. The number of oxazole rings is 1. The maximum atomic E-state index is 12.4. The number of hydrogen-bond acceptors (Lipinski definition) is 5. The number of aromatic nitrogens is 1. The van der Waals surface area contributed by atoms with Crippen LogP contribution in [0.15, 0.2) is 28.7 Å². The lowest BCUT2D eigenvalue weighted by Gasteiger charge is -2.25. The number of hydrogen-bond donors (Lipinski definition) is 1. The molecule has 11 heteroatoms. The monoisotopic (exact) mass is 389 g/mol. The van der Waals surface area contributed by atoms with Crippen molar-refractivity contribution < 1.29 is 30.8 Å². The number of nitrogens with zero attached hydrogens (tertiary/aromatic N) is 2. The normalized spacial score (nSPS) is 15.1. The molecule has 7 nitrogen and oxygen atoms in total. The molecule has 0 aliphatic carbocycles. The van der Waals surface area contributed by atoms with Gasteiger partial charge in [-0.3, -0.25) is 9.52 Å². The molecule has 1 N–H and O–H groups in total. The minimum atomic E-state index is -5.46. The van der Waals surface area contributed by atoms with Crippen LogP contribution in [0.25, 0.3) is 0 Å². The first-order valence-electron chi connectivity index (χ1n) is 7.50. The first-order chi connectivity index (χ1) is 12.1. The van der Waals surface area contributed by atoms with Crippen molar-refractivity contribution in [3.63, 3.8) is 0 Å². The SMILES string of the molecule is Cc1nc2c(o1)C(=O)N(Cc1ccc(NS(=O)(=O)C(F)(F)F)cc1)CC2. The summed E-state index contributed by atoms with van der Waals surface area (Å²) in [6.45, 7) is 2.29. The Morgan fingerprint density at radius 2 is 1.92 bits per heavy atom. The molecule has 0 saturated heterocycles. The molecule has 1 amide bonds. The highest BCUT2D eigenvalue weighted by atomic mass is 32.2. The molecule has 140 valence electrons. The van der Waals surface area contributed by atoms with Crippen molar-refractivity contribution in [1.29, 1.82) is 0 Å². The van der Waals surface area contributed by atoms with Crippen LogP contribution in [0.5, 0.6) is 0 Å². The number of amides is 1. The zero-order valence-corrected chi connectivity index (χ0v) is 14.3. The fourth-order valence-electron chi connectivity index (χ4n) is 2.56. The van der Waals surface area contributed by atoms with Crippen molar-refractivity contribution in [2.45, 2.75) is 25.4 Å². The van der Waals surface area contributed by atoms with E-state index in [2.05, 4.69) is 4.98 Å².